The lowest BCUT2D eigenvalue weighted by Gasteiger charge is -2.55. The molecule has 6 rings (SSSR count). The molecule has 2 heterocycles. The third-order valence-corrected chi connectivity index (χ3v) is 8.78. The summed E-state index contributed by atoms with van der Waals surface area (Å²) in [6, 6.07) is 27.7. The normalized spacial score (nSPS) is 18.4. The van der Waals surface area contributed by atoms with Gasteiger partial charge in [-0.1, -0.05) is 84.9 Å². The highest BCUT2D eigenvalue weighted by atomic mass is 19.4. The number of nitrogens with one attached hydrogen (secondary N) is 1. The van der Waals surface area contributed by atoms with Crippen molar-refractivity contribution in [3.8, 4) is 0 Å². The van der Waals surface area contributed by atoms with E-state index in [2.05, 4.69) is 5.32 Å². The molecule has 4 amide bonds. The van der Waals surface area contributed by atoms with Crippen molar-refractivity contribution >= 4 is 17.8 Å². The minimum atomic E-state index is -4.57. The minimum absolute atomic E-state index is 0.0887. The molecule has 4 aromatic rings. The van der Waals surface area contributed by atoms with E-state index in [1.54, 1.807) is 17.1 Å². The van der Waals surface area contributed by atoms with Crippen molar-refractivity contribution in [3.63, 3.8) is 0 Å². The fourth-order valence-electron chi connectivity index (χ4n) is 6.42. The molecule has 1 N–H and O–H groups in total. The number of nitrogens with zero attached hydrogens (tertiary/aromatic N) is 4. The Kier molecular flexibility index (Phi) is 9.95. The first-order chi connectivity index (χ1) is 23.6. The second-order valence-electron chi connectivity index (χ2n) is 12.2. The average molecular weight is 674 g/mol. The first kappa shape index (κ1) is 33.7. The topological polar surface area (TPSA) is 76.2 Å². The largest absolute Gasteiger partial charge is 0.416 e. The minimum Gasteiger partial charge on any atom is -0.333 e. The zero-order valence-electron chi connectivity index (χ0n) is 26.5. The van der Waals surface area contributed by atoms with Gasteiger partial charge in [-0.25, -0.2) is 19.2 Å². The molecule has 2 saturated heterocycles. The average Bonchev–Trinajstić information content (AvgIpc) is 3.09. The van der Waals surface area contributed by atoms with Gasteiger partial charge in [-0.15, -0.1) is 0 Å². The van der Waals surface area contributed by atoms with Crippen molar-refractivity contribution in [2.24, 2.45) is 0 Å². The summed E-state index contributed by atoms with van der Waals surface area (Å²) in [6.45, 7) is -0.242. The monoisotopic (exact) mass is 673 g/mol. The van der Waals surface area contributed by atoms with Gasteiger partial charge in [0.25, 0.3) is 0 Å². The Labute approximate surface area is 281 Å². The number of carbonyl (C=O) groups excluding carboxylic acids is 3. The lowest BCUT2D eigenvalue weighted by molar-refractivity contribution is -0.193. The zero-order chi connectivity index (χ0) is 34.5. The van der Waals surface area contributed by atoms with E-state index in [0.29, 0.717) is 12.0 Å². The van der Waals surface area contributed by atoms with Gasteiger partial charge in [0, 0.05) is 19.6 Å². The van der Waals surface area contributed by atoms with Gasteiger partial charge >= 0.3 is 12.2 Å². The van der Waals surface area contributed by atoms with Crippen LogP contribution in [0, 0.1) is 5.82 Å². The summed E-state index contributed by atoms with van der Waals surface area (Å²) in [5, 5.41) is 5.93. The van der Waals surface area contributed by atoms with Crippen LogP contribution in [0.5, 0.6) is 0 Å². The Morgan fingerprint density at radius 3 is 2.10 bits per heavy atom. The molecule has 12 heteroatoms. The van der Waals surface area contributed by atoms with Crippen LogP contribution in [-0.4, -0.2) is 63.0 Å². The standard InChI is InChI=1S/C37H35F4N5O3/c38-31-17-14-28(15-18-31)23-44-25-34(47)45-32(19-16-26-8-3-1-4-9-26)35(48)43(22-29-12-7-13-30(20-29)37(39,40)41)24-33(45)46(44)36(49)42-21-27-10-5-2-6-11-27/h1-15,17-18,20,32-33H,16,19,21-25H2,(H,42,49). The Hall–Kier alpha value is -5.23. The van der Waals surface area contributed by atoms with Crippen molar-refractivity contribution in [3.05, 3.63) is 143 Å². The van der Waals surface area contributed by atoms with Crippen LogP contribution >= 0.6 is 0 Å². The third-order valence-electron chi connectivity index (χ3n) is 8.78. The number of alkyl halides is 3. The van der Waals surface area contributed by atoms with Gasteiger partial charge in [0.15, 0.2) is 0 Å². The lowest BCUT2D eigenvalue weighted by Crippen LogP contribution is -2.76. The van der Waals surface area contributed by atoms with Crippen LogP contribution in [0.25, 0.3) is 0 Å². The van der Waals surface area contributed by atoms with E-state index in [1.165, 1.54) is 39.1 Å². The van der Waals surface area contributed by atoms with Crippen molar-refractivity contribution in [2.45, 2.75) is 50.9 Å². The Morgan fingerprint density at radius 1 is 0.776 bits per heavy atom. The summed E-state index contributed by atoms with van der Waals surface area (Å²) in [4.78, 5) is 45.2. The molecule has 2 fully saturated rings. The SMILES string of the molecule is O=C1C(CCc2ccccc2)N2C(=O)CN(Cc3ccc(F)cc3)N(C(=O)NCc3ccccc3)C2CN1Cc1cccc(C(F)(F)F)c1. The van der Waals surface area contributed by atoms with E-state index in [4.69, 9.17) is 0 Å². The van der Waals surface area contributed by atoms with E-state index in [1.807, 2.05) is 60.7 Å². The number of hydrazine groups is 1. The highest BCUT2D eigenvalue weighted by Gasteiger charge is 2.51. The predicted molar refractivity (Wildman–Crippen MR) is 173 cm³/mol. The number of amides is 4. The van der Waals surface area contributed by atoms with Gasteiger partial charge in [-0.3, -0.25) is 9.59 Å². The summed E-state index contributed by atoms with van der Waals surface area (Å²) >= 11 is 0. The third kappa shape index (κ3) is 7.92. The smallest absolute Gasteiger partial charge is 0.333 e. The van der Waals surface area contributed by atoms with Crippen LogP contribution in [0.1, 0.15) is 34.2 Å². The molecule has 4 aromatic carbocycles. The van der Waals surface area contributed by atoms with Crippen LogP contribution in [0.2, 0.25) is 0 Å². The molecule has 254 valence electrons. The van der Waals surface area contributed by atoms with E-state index in [-0.39, 0.29) is 50.6 Å². The highest BCUT2D eigenvalue weighted by molar-refractivity contribution is 5.91. The molecular formula is C37H35F4N5O3. The molecule has 0 bridgehead atoms. The number of benzene rings is 4. The van der Waals surface area contributed by atoms with Crippen LogP contribution in [0.4, 0.5) is 22.4 Å². The second-order valence-corrected chi connectivity index (χ2v) is 12.2. The van der Waals surface area contributed by atoms with Crippen molar-refractivity contribution < 1.29 is 31.9 Å². The first-order valence-corrected chi connectivity index (χ1v) is 16.0. The zero-order valence-corrected chi connectivity index (χ0v) is 26.5. The van der Waals surface area contributed by atoms with Crippen molar-refractivity contribution in [2.75, 3.05) is 13.1 Å². The van der Waals surface area contributed by atoms with Gasteiger partial charge in [-0.2, -0.15) is 13.2 Å². The molecule has 2 atom stereocenters. The maximum atomic E-state index is 14.2. The van der Waals surface area contributed by atoms with Gasteiger partial charge < -0.3 is 15.1 Å². The summed E-state index contributed by atoms with van der Waals surface area (Å²) < 4.78 is 54.5. The number of hydrogen-bond donors (Lipinski definition) is 1. The molecule has 2 aliphatic rings. The molecule has 2 aliphatic heterocycles. The summed E-state index contributed by atoms with van der Waals surface area (Å²) in [6.07, 6.45) is -4.85. The lowest BCUT2D eigenvalue weighted by atomic mass is 9.98. The quantitative estimate of drug-likeness (QED) is 0.222. The van der Waals surface area contributed by atoms with Crippen molar-refractivity contribution in [1.82, 2.24) is 25.1 Å². The molecular weight excluding hydrogens is 638 g/mol. The van der Waals surface area contributed by atoms with Crippen LogP contribution < -0.4 is 5.32 Å². The van der Waals surface area contributed by atoms with E-state index < -0.39 is 41.7 Å². The molecule has 0 saturated carbocycles. The van der Waals surface area contributed by atoms with E-state index in [0.717, 1.165) is 23.3 Å². The molecule has 0 aliphatic carbocycles. The fraction of sp³-hybridized carbons (Fsp3) is 0.270. The van der Waals surface area contributed by atoms with Gasteiger partial charge in [0.05, 0.1) is 18.7 Å². The van der Waals surface area contributed by atoms with Gasteiger partial charge in [-0.05, 0) is 59.4 Å². The number of rotatable bonds is 9. The Balaban J connectivity index is 1.35. The summed E-state index contributed by atoms with van der Waals surface area (Å²) in [5.41, 5.74) is 1.87. The van der Waals surface area contributed by atoms with Gasteiger partial charge in [0.2, 0.25) is 11.8 Å². The number of fused-ring (bicyclic) bond motifs is 1. The van der Waals surface area contributed by atoms with E-state index >= 15 is 0 Å². The molecule has 2 unspecified atom stereocenters. The van der Waals surface area contributed by atoms with Crippen LogP contribution in [0.3, 0.4) is 0 Å². The summed E-state index contributed by atoms with van der Waals surface area (Å²) in [7, 11) is 0. The number of aryl methyl sites for hydroxylation is 1. The Bertz CT molecular complexity index is 1770. The summed E-state index contributed by atoms with van der Waals surface area (Å²) in [5.74, 6) is -1.21. The maximum absolute atomic E-state index is 14.2. The predicted octanol–water partition coefficient (Wildman–Crippen LogP) is 5.99. The number of halogens is 4. The van der Waals surface area contributed by atoms with Crippen LogP contribution in [-0.2, 0) is 41.8 Å². The Morgan fingerprint density at radius 2 is 1.43 bits per heavy atom. The number of carbonyl (C=O) groups is 3. The second kappa shape index (κ2) is 14.5. The number of hydrogen-bond acceptors (Lipinski definition) is 4. The molecule has 0 radical (unpaired) electrons. The van der Waals surface area contributed by atoms with Crippen LogP contribution in [0.15, 0.2) is 109 Å². The molecule has 49 heavy (non-hydrogen) atoms. The highest BCUT2D eigenvalue weighted by Crippen LogP contribution is 2.33. The van der Waals surface area contributed by atoms with Gasteiger partial charge in [0.1, 0.15) is 18.0 Å². The molecule has 0 spiro atoms. The maximum Gasteiger partial charge on any atom is 0.416 e. The first-order valence-electron chi connectivity index (χ1n) is 16.0. The van der Waals surface area contributed by atoms with Crippen molar-refractivity contribution in [1.29, 1.82) is 0 Å². The van der Waals surface area contributed by atoms with E-state index in [9.17, 15) is 31.9 Å². The fourth-order valence-corrected chi connectivity index (χ4v) is 6.42. The number of urea groups is 1. The molecule has 0 aromatic heterocycles. The number of piperazine rings is 1. The molecule has 8 nitrogen and oxygen atoms in total.